The Balaban J connectivity index is 1.34. The summed E-state index contributed by atoms with van der Waals surface area (Å²) in [4.78, 5) is 16.8. The minimum atomic E-state index is 0.202. The lowest BCUT2D eigenvalue weighted by atomic mass is 10.1. The number of rotatable bonds is 4. The van der Waals surface area contributed by atoms with E-state index >= 15 is 0 Å². The summed E-state index contributed by atoms with van der Waals surface area (Å²) in [6, 6.07) is 16.0. The van der Waals surface area contributed by atoms with Gasteiger partial charge in [-0.3, -0.25) is 4.79 Å². The van der Waals surface area contributed by atoms with Crippen LogP contribution in [0.25, 0.3) is 10.1 Å². The summed E-state index contributed by atoms with van der Waals surface area (Å²) in [7, 11) is 0. The van der Waals surface area contributed by atoms with E-state index in [4.69, 9.17) is 11.6 Å². The van der Waals surface area contributed by atoms with E-state index in [0.717, 1.165) is 42.6 Å². The van der Waals surface area contributed by atoms with Gasteiger partial charge in [-0.1, -0.05) is 41.9 Å². The number of anilines is 1. The van der Waals surface area contributed by atoms with Gasteiger partial charge in [-0.15, -0.1) is 0 Å². The van der Waals surface area contributed by atoms with E-state index in [0.29, 0.717) is 12.8 Å². The van der Waals surface area contributed by atoms with Gasteiger partial charge in [0.25, 0.3) is 0 Å². The number of carbonyl (C=O) groups is 1. The fraction of sp³-hybridized carbons (Fsp3) is 0.300. The predicted molar refractivity (Wildman–Crippen MR) is 108 cm³/mol. The first-order valence-electron chi connectivity index (χ1n) is 8.83. The Hall–Kier alpha value is -2.11. The van der Waals surface area contributed by atoms with Crippen LogP contribution in [0.5, 0.6) is 0 Å². The lowest BCUT2D eigenvalue weighted by molar-refractivity contribution is -0.131. The van der Waals surface area contributed by atoms with Gasteiger partial charge in [0, 0.05) is 43.0 Å². The van der Waals surface area contributed by atoms with Crippen molar-refractivity contribution in [2.75, 3.05) is 31.1 Å². The van der Waals surface area contributed by atoms with Gasteiger partial charge in [0.05, 0.1) is 4.70 Å². The molecule has 0 radical (unpaired) electrons. The van der Waals surface area contributed by atoms with E-state index < -0.39 is 0 Å². The highest BCUT2D eigenvalue weighted by Crippen LogP contribution is 2.29. The summed E-state index contributed by atoms with van der Waals surface area (Å²) in [5.41, 5.74) is 1.04. The number of aryl methyl sites for hydroxylation is 1. The Labute approximate surface area is 162 Å². The molecule has 1 aliphatic heterocycles. The maximum Gasteiger partial charge on any atom is 0.223 e. The van der Waals surface area contributed by atoms with Crippen LogP contribution in [0.2, 0.25) is 5.02 Å². The second-order valence-electron chi connectivity index (χ2n) is 6.46. The molecule has 134 valence electrons. The summed E-state index contributed by atoms with van der Waals surface area (Å²) in [5.74, 6) is 1.25. The molecule has 4 rings (SSSR count). The molecule has 0 bridgehead atoms. The number of nitrogens with zero attached hydrogens (tertiary/aromatic N) is 3. The molecule has 2 aromatic carbocycles. The third kappa shape index (κ3) is 3.55. The minimum Gasteiger partial charge on any atom is -0.352 e. The molecule has 0 saturated carbocycles. The van der Waals surface area contributed by atoms with Gasteiger partial charge in [0.2, 0.25) is 5.91 Å². The second kappa shape index (κ2) is 7.64. The Kier molecular flexibility index (Phi) is 5.09. The van der Waals surface area contributed by atoms with Crippen molar-refractivity contribution in [1.82, 2.24) is 9.27 Å². The summed E-state index contributed by atoms with van der Waals surface area (Å²) >= 11 is 7.72. The van der Waals surface area contributed by atoms with Gasteiger partial charge in [0.1, 0.15) is 5.82 Å². The molecule has 3 aromatic rings. The molecule has 0 unspecified atom stereocenters. The van der Waals surface area contributed by atoms with Gasteiger partial charge in [-0.25, -0.2) is 0 Å². The van der Waals surface area contributed by atoms with Crippen molar-refractivity contribution < 1.29 is 4.79 Å². The molecule has 2 heterocycles. The van der Waals surface area contributed by atoms with Crippen LogP contribution >= 0.6 is 23.1 Å². The highest BCUT2D eigenvalue weighted by Gasteiger charge is 2.23. The monoisotopic (exact) mass is 385 g/mol. The zero-order chi connectivity index (χ0) is 17.9. The van der Waals surface area contributed by atoms with E-state index in [1.165, 1.54) is 21.6 Å². The zero-order valence-electron chi connectivity index (χ0n) is 14.4. The number of hydrogen-bond donors (Lipinski definition) is 0. The molecule has 0 aliphatic carbocycles. The third-order valence-electron chi connectivity index (χ3n) is 4.86. The van der Waals surface area contributed by atoms with Gasteiger partial charge in [-0.2, -0.15) is 4.37 Å². The summed E-state index contributed by atoms with van der Waals surface area (Å²) < 4.78 is 5.83. The smallest absolute Gasteiger partial charge is 0.223 e. The number of aromatic nitrogens is 1. The fourth-order valence-corrected chi connectivity index (χ4v) is 4.40. The zero-order valence-corrected chi connectivity index (χ0v) is 16.0. The molecule has 1 aliphatic rings. The summed E-state index contributed by atoms with van der Waals surface area (Å²) in [5, 5.41) is 1.94. The molecular weight excluding hydrogens is 366 g/mol. The molecule has 0 N–H and O–H groups in total. The standard InChI is InChI=1S/C20H20ClN3OS/c21-17-7-3-1-5-15(17)9-10-19(25)23-11-13-24(14-12-23)20-16-6-2-4-8-18(16)26-22-20/h1-8H,9-14H2. The molecule has 1 saturated heterocycles. The number of fused-ring (bicyclic) bond motifs is 1. The van der Waals surface area contributed by atoms with Crippen molar-refractivity contribution in [3.05, 3.63) is 59.1 Å². The topological polar surface area (TPSA) is 36.4 Å². The van der Waals surface area contributed by atoms with E-state index in [2.05, 4.69) is 27.5 Å². The van der Waals surface area contributed by atoms with Gasteiger partial charge >= 0.3 is 0 Å². The average molecular weight is 386 g/mol. The molecule has 26 heavy (non-hydrogen) atoms. The van der Waals surface area contributed by atoms with Crippen LogP contribution in [0, 0.1) is 0 Å². The molecule has 1 aromatic heterocycles. The van der Waals surface area contributed by atoms with Crippen molar-refractivity contribution in [3.63, 3.8) is 0 Å². The number of benzene rings is 2. The highest BCUT2D eigenvalue weighted by atomic mass is 35.5. The largest absolute Gasteiger partial charge is 0.352 e. The van der Waals surface area contributed by atoms with Crippen molar-refractivity contribution in [2.45, 2.75) is 12.8 Å². The van der Waals surface area contributed by atoms with Crippen molar-refractivity contribution in [2.24, 2.45) is 0 Å². The first-order valence-corrected chi connectivity index (χ1v) is 9.98. The van der Waals surface area contributed by atoms with Crippen LogP contribution in [0.4, 0.5) is 5.82 Å². The lowest BCUT2D eigenvalue weighted by Crippen LogP contribution is -2.49. The Morgan fingerprint density at radius 1 is 1.04 bits per heavy atom. The molecule has 6 heteroatoms. The SMILES string of the molecule is O=C(CCc1ccccc1Cl)N1CCN(c2nsc3ccccc23)CC1. The van der Waals surface area contributed by atoms with Crippen molar-refractivity contribution >= 4 is 44.9 Å². The summed E-state index contributed by atoms with van der Waals surface area (Å²) in [6.45, 7) is 3.14. The minimum absolute atomic E-state index is 0.202. The predicted octanol–water partition coefficient (Wildman–Crippen LogP) is 4.23. The van der Waals surface area contributed by atoms with Gasteiger partial charge in [0.15, 0.2) is 0 Å². The van der Waals surface area contributed by atoms with Crippen LogP contribution in [-0.2, 0) is 11.2 Å². The quantitative estimate of drug-likeness (QED) is 0.674. The van der Waals surface area contributed by atoms with E-state index in [-0.39, 0.29) is 5.91 Å². The van der Waals surface area contributed by atoms with E-state index in [1.54, 1.807) is 0 Å². The molecular formula is C20H20ClN3OS. The Morgan fingerprint density at radius 2 is 1.77 bits per heavy atom. The number of carbonyl (C=O) groups excluding carboxylic acids is 1. The first kappa shape index (κ1) is 17.3. The van der Waals surface area contributed by atoms with Crippen LogP contribution < -0.4 is 4.90 Å². The van der Waals surface area contributed by atoms with Crippen LogP contribution in [0.3, 0.4) is 0 Å². The molecule has 0 atom stereocenters. The molecule has 1 amide bonds. The van der Waals surface area contributed by atoms with Crippen LogP contribution in [0.15, 0.2) is 48.5 Å². The van der Waals surface area contributed by atoms with Crippen molar-refractivity contribution in [3.8, 4) is 0 Å². The number of halogens is 1. The van der Waals surface area contributed by atoms with E-state index in [1.807, 2.05) is 35.2 Å². The van der Waals surface area contributed by atoms with E-state index in [9.17, 15) is 4.79 Å². The van der Waals surface area contributed by atoms with Crippen LogP contribution in [0.1, 0.15) is 12.0 Å². The Bertz CT molecular complexity index is 918. The third-order valence-corrected chi connectivity index (χ3v) is 6.04. The number of piperazine rings is 1. The van der Waals surface area contributed by atoms with Gasteiger partial charge in [-0.05, 0) is 41.7 Å². The highest BCUT2D eigenvalue weighted by molar-refractivity contribution is 7.13. The van der Waals surface area contributed by atoms with Crippen molar-refractivity contribution in [1.29, 1.82) is 0 Å². The first-order chi connectivity index (χ1) is 12.7. The Morgan fingerprint density at radius 3 is 2.58 bits per heavy atom. The second-order valence-corrected chi connectivity index (χ2v) is 7.67. The number of amides is 1. The molecule has 4 nitrogen and oxygen atoms in total. The fourth-order valence-electron chi connectivity index (χ4n) is 3.37. The van der Waals surface area contributed by atoms with Gasteiger partial charge < -0.3 is 9.80 Å². The normalized spacial score (nSPS) is 14.8. The molecule has 0 spiro atoms. The maximum absolute atomic E-state index is 12.5. The summed E-state index contributed by atoms with van der Waals surface area (Å²) in [6.07, 6.45) is 1.19. The molecule has 1 fully saturated rings. The number of hydrogen-bond acceptors (Lipinski definition) is 4. The van der Waals surface area contributed by atoms with Crippen LogP contribution in [-0.4, -0.2) is 41.4 Å². The average Bonchev–Trinajstić information content (AvgIpc) is 3.11. The maximum atomic E-state index is 12.5. The lowest BCUT2D eigenvalue weighted by Gasteiger charge is -2.35.